The lowest BCUT2D eigenvalue weighted by atomic mass is 9.81. The predicted molar refractivity (Wildman–Crippen MR) is 155 cm³/mol. The number of amides is 1. The maximum atomic E-state index is 14.1. The first-order valence-electron chi connectivity index (χ1n) is 14.5. The summed E-state index contributed by atoms with van der Waals surface area (Å²) in [6, 6.07) is 2.73. The number of hydrogen-bond donors (Lipinski definition) is 2. The van der Waals surface area contributed by atoms with Crippen molar-refractivity contribution < 1.29 is 23.8 Å². The molecule has 1 saturated heterocycles. The van der Waals surface area contributed by atoms with E-state index >= 15 is 0 Å². The molecule has 1 amide bonds. The molecule has 1 aromatic heterocycles. The molecule has 3 fully saturated rings. The van der Waals surface area contributed by atoms with Crippen molar-refractivity contribution in [3.8, 4) is 0 Å². The van der Waals surface area contributed by atoms with Crippen molar-refractivity contribution in [1.29, 1.82) is 0 Å². The lowest BCUT2D eigenvalue weighted by molar-refractivity contribution is -0.124. The van der Waals surface area contributed by atoms with Crippen LogP contribution in [0.5, 0.6) is 0 Å². The quantitative estimate of drug-likeness (QED) is 0.349. The monoisotopic (exact) mass is 566 g/mol. The zero-order valence-corrected chi connectivity index (χ0v) is 25.5. The molecule has 7 nitrogen and oxygen atoms in total. The average molecular weight is 567 g/mol. The SMILES string of the molecule is COP1(=O)CCC(NC2CCC(N(C(=O)C3CCC(C)CC3)c3cc(C(C)(C)C)sc3C(=O)O)CC2)CC1. The normalized spacial score (nSPS) is 32.6. The highest BCUT2D eigenvalue weighted by Gasteiger charge is 2.39. The van der Waals surface area contributed by atoms with Crippen LogP contribution in [0.15, 0.2) is 6.07 Å². The van der Waals surface area contributed by atoms with Crippen LogP contribution in [0.2, 0.25) is 0 Å². The van der Waals surface area contributed by atoms with Crippen molar-refractivity contribution in [2.24, 2.45) is 11.8 Å². The first kappa shape index (κ1) is 29.8. The molecule has 1 aromatic rings. The molecule has 0 radical (unpaired) electrons. The summed E-state index contributed by atoms with van der Waals surface area (Å²) >= 11 is 1.32. The number of anilines is 1. The first-order valence-corrected chi connectivity index (χ1v) is 17.3. The van der Waals surface area contributed by atoms with Gasteiger partial charge in [-0.2, -0.15) is 0 Å². The van der Waals surface area contributed by atoms with Gasteiger partial charge in [0.25, 0.3) is 0 Å². The van der Waals surface area contributed by atoms with Gasteiger partial charge in [-0.3, -0.25) is 9.36 Å². The summed E-state index contributed by atoms with van der Waals surface area (Å²) in [6.45, 7) is 8.54. The van der Waals surface area contributed by atoms with E-state index in [9.17, 15) is 19.3 Å². The van der Waals surface area contributed by atoms with Gasteiger partial charge in [0.15, 0.2) is 0 Å². The molecule has 0 aromatic carbocycles. The Morgan fingerprint density at radius 3 is 2.11 bits per heavy atom. The molecule has 9 heteroatoms. The van der Waals surface area contributed by atoms with Gasteiger partial charge in [0.05, 0.1) is 5.69 Å². The minimum atomic E-state index is -2.42. The van der Waals surface area contributed by atoms with E-state index < -0.39 is 13.3 Å². The van der Waals surface area contributed by atoms with E-state index in [1.54, 1.807) is 7.11 Å². The highest BCUT2D eigenvalue weighted by atomic mass is 32.1. The van der Waals surface area contributed by atoms with E-state index in [0.29, 0.717) is 36.0 Å². The van der Waals surface area contributed by atoms with E-state index in [0.717, 1.165) is 69.1 Å². The second-order valence-corrected chi connectivity index (χ2v) is 16.9. The standard InChI is InChI=1S/C29H47N2O5PS/c1-19-6-8-20(9-7-19)27(32)31(24-18-25(29(2,3)4)38-26(24)28(33)34)23-12-10-21(11-13-23)30-22-14-16-37(35,36-5)17-15-22/h18-23,30H,6-17H2,1-5H3,(H,33,34). The number of aromatic carboxylic acids is 1. The highest BCUT2D eigenvalue weighted by Crippen LogP contribution is 2.50. The third kappa shape index (κ3) is 6.92. The number of carboxylic acid groups (broad SMARTS) is 1. The van der Waals surface area contributed by atoms with Gasteiger partial charge < -0.3 is 19.8 Å². The fraction of sp³-hybridized carbons (Fsp3) is 0.793. The Morgan fingerprint density at radius 1 is 1.00 bits per heavy atom. The smallest absolute Gasteiger partial charge is 0.348 e. The summed E-state index contributed by atoms with van der Waals surface area (Å²) in [6.07, 6.45) is 10.5. The summed E-state index contributed by atoms with van der Waals surface area (Å²) in [4.78, 5) is 29.7. The number of thiophene rings is 1. The lowest BCUT2D eigenvalue weighted by Gasteiger charge is -2.41. The Hall–Kier alpha value is -1.21. The number of carboxylic acids is 1. The minimum Gasteiger partial charge on any atom is -0.477 e. The summed E-state index contributed by atoms with van der Waals surface area (Å²) in [5, 5.41) is 13.9. The second kappa shape index (κ2) is 12.1. The molecule has 0 atom stereocenters. The lowest BCUT2D eigenvalue weighted by Crippen LogP contribution is -2.50. The van der Waals surface area contributed by atoms with Crippen LogP contribution >= 0.6 is 18.7 Å². The molecular formula is C29H47N2O5PS. The van der Waals surface area contributed by atoms with E-state index in [1.807, 2.05) is 11.0 Å². The number of rotatable bonds is 7. The predicted octanol–water partition coefficient (Wildman–Crippen LogP) is 6.89. The van der Waals surface area contributed by atoms with Crippen molar-refractivity contribution in [2.75, 3.05) is 24.3 Å². The van der Waals surface area contributed by atoms with Gasteiger partial charge in [0.2, 0.25) is 13.3 Å². The zero-order valence-electron chi connectivity index (χ0n) is 23.8. The van der Waals surface area contributed by atoms with Crippen molar-refractivity contribution in [2.45, 2.75) is 115 Å². The number of hydrogen-bond acceptors (Lipinski definition) is 6. The van der Waals surface area contributed by atoms with Gasteiger partial charge >= 0.3 is 5.97 Å². The van der Waals surface area contributed by atoms with Gasteiger partial charge in [-0.05, 0) is 81.6 Å². The number of nitrogens with zero attached hydrogens (tertiary/aromatic N) is 1. The summed E-state index contributed by atoms with van der Waals surface area (Å²) in [7, 11) is -0.865. The fourth-order valence-electron chi connectivity index (χ4n) is 6.43. The van der Waals surface area contributed by atoms with E-state index in [4.69, 9.17) is 4.52 Å². The fourth-order valence-corrected chi connectivity index (χ4v) is 9.47. The van der Waals surface area contributed by atoms with E-state index in [1.165, 1.54) is 11.3 Å². The maximum Gasteiger partial charge on any atom is 0.348 e. The topological polar surface area (TPSA) is 95.9 Å². The molecule has 0 unspecified atom stereocenters. The van der Waals surface area contributed by atoms with Crippen LogP contribution in [0.25, 0.3) is 0 Å². The Kier molecular flexibility index (Phi) is 9.49. The molecule has 2 saturated carbocycles. The van der Waals surface area contributed by atoms with Crippen LogP contribution in [0.3, 0.4) is 0 Å². The number of nitrogens with one attached hydrogen (secondary N) is 1. The van der Waals surface area contributed by atoms with E-state index in [2.05, 4.69) is 33.0 Å². The molecule has 2 heterocycles. The highest BCUT2D eigenvalue weighted by molar-refractivity contribution is 7.59. The van der Waals surface area contributed by atoms with Crippen molar-refractivity contribution >= 4 is 36.3 Å². The van der Waals surface area contributed by atoms with Gasteiger partial charge in [-0.1, -0.05) is 27.7 Å². The van der Waals surface area contributed by atoms with Crippen LogP contribution in [0.4, 0.5) is 5.69 Å². The molecule has 3 aliphatic rings. The largest absolute Gasteiger partial charge is 0.477 e. The molecule has 2 aliphatic carbocycles. The molecule has 0 spiro atoms. The summed E-state index contributed by atoms with van der Waals surface area (Å²) in [5.41, 5.74) is 0.422. The molecule has 2 N–H and O–H groups in total. The van der Waals surface area contributed by atoms with Crippen molar-refractivity contribution in [1.82, 2.24) is 5.32 Å². The van der Waals surface area contributed by atoms with Gasteiger partial charge in [0.1, 0.15) is 4.88 Å². The molecule has 38 heavy (non-hydrogen) atoms. The van der Waals surface area contributed by atoms with Crippen LogP contribution in [0, 0.1) is 11.8 Å². The third-order valence-electron chi connectivity index (χ3n) is 9.01. The molecule has 4 rings (SSSR count). The van der Waals surface area contributed by atoms with Crippen molar-refractivity contribution in [3.05, 3.63) is 15.8 Å². The minimum absolute atomic E-state index is 0.0143. The van der Waals surface area contributed by atoms with Gasteiger partial charge in [-0.25, -0.2) is 4.79 Å². The third-order valence-corrected chi connectivity index (χ3v) is 13.1. The van der Waals surface area contributed by atoms with Crippen LogP contribution in [-0.2, 0) is 19.3 Å². The zero-order chi connectivity index (χ0) is 27.7. The van der Waals surface area contributed by atoms with Crippen molar-refractivity contribution in [3.63, 3.8) is 0 Å². The van der Waals surface area contributed by atoms with Gasteiger partial charge in [-0.15, -0.1) is 11.3 Å². The van der Waals surface area contributed by atoms with Gasteiger partial charge in [0, 0.05) is 48.4 Å². The Labute approximate surface area is 232 Å². The Morgan fingerprint density at radius 2 is 1.58 bits per heavy atom. The molecule has 214 valence electrons. The second-order valence-electron chi connectivity index (χ2n) is 12.9. The Bertz CT molecular complexity index is 1020. The van der Waals surface area contributed by atoms with E-state index in [-0.39, 0.29) is 28.2 Å². The number of carbonyl (C=O) groups excluding carboxylic acids is 1. The molecular weight excluding hydrogens is 519 g/mol. The maximum absolute atomic E-state index is 14.1. The summed E-state index contributed by atoms with van der Waals surface area (Å²) < 4.78 is 17.8. The van der Waals surface area contributed by atoms with Crippen LogP contribution in [0.1, 0.15) is 106 Å². The summed E-state index contributed by atoms with van der Waals surface area (Å²) in [5.74, 6) is -0.205. The first-order chi connectivity index (χ1) is 17.9. The Balaban J connectivity index is 1.51. The van der Waals surface area contributed by atoms with Crippen LogP contribution in [-0.4, -0.2) is 54.5 Å². The average Bonchev–Trinajstić information content (AvgIpc) is 3.33. The molecule has 0 bridgehead atoms. The number of carbonyl (C=O) groups is 2. The molecule has 1 aliphatic heterocycles. The van der Waals surface area contributed by atoms with Crippen LogP contribution < -0.4 is 10.2 Å².